The topological polar surface area (TPSA) is 51.0 Å². The van der Waals surface area contributed by atoms with Crippen LogP contribution in [0.1, 0.15) is 17.3 Å². The first-order chi connectivity index (χ1) is 9.20. The van der Waals surface area contributed by atoms with Crippen molar-refractivity contribution >= 4 is 11.6 Å². The molecule has 1 aromatic heterocycles. The van der Waals surface area contributed by atoms with E-state index >= 15 is 0 Å². The van der Waals surface area contributed by atoms with Gasteiger partial charge in [-0.15, -0.1) is 0 Å². The Labute approximate surface area is 115 Å². The summed E-state index contributed by atoms with van der Waals surface area (Å²) in [4.78, 5) is 4.33. The van der Waals surface area contributed by atoms with Crippen molar-refractivity contribution in [2.24, 2.45) is 5.92 Å². The van der Waals surface area contributed by atoms with Crippen LogP contribution in [0.3, 0.4) is 0 Å². The Kier molecular flexibility index (Phi) is 3.48. The second-order valence-electron chi connectivity index (χ2n) is 4.75. The van der Waals surface area contributed by atoms with Crippen LogP contribution >= 0.6 is 11.6 Å². The molecule has 6 heteroatoms. The molecular weight excluding hydrogens is 269 g/mol. The maximum Gasteiger partial charge on any atom is 0.227 e. The fourth-order valence-electron chi connectivity index (χ4n) is 2.02. The summed E-state index contributed by atoms with van der Waals surface area (Å²) in [6.07, 6.45) is 1.25. The molecule has 1 saturated heterocycles. The van der Waals surface area contributed by atoms with Gasteiger partial charge in [0.15, 0.2) is 5.82 Å². The molecule has 0 bridgehead atoms. The molecule has 1 N–H and O–H groups in total. The zero-order chi connectivity index (χ0) is 13.2. The summed E-state index contributed by atoms with van der Waals surface area (Å²) in [5, 5.41) is 7.51. The Morgan fingerprint density at radius 1 is 1.42 bits per heavy atom. The average molecular weight is 282 g/mol. The van der Waals surface area contributed by atoms with Gasteiger partial charge in [0.2, 0.25) is 5.89 Å². The van der Waals surface area contributed by atoms with Crippen molar-refractivity contribution in [3.05, 3.63) is 46.3 Å². The van der Waals surface area contributed by atoms with E-state index in [1.807, 2.05) is 0 Å². The quantitative estimate of drug-likeness (QED) is 0.934. The minimum absolute atomic E-state index is 0.347. The maximum atomic E-state index is 12.9. The Bertz CT molecular complexity index is 583. The van der Waals surface area contributed by atoms with E-state index in [9.17, 15) is 4.39 Å². The molecule has 100 valence electrons. The van der Waals surface area contributed by atoms with Gasteiger partial charge in [-0.1, -0.05) is 22.8 Å². The Balaban J connectivity index is 1.68. The summed E-state index contributed by atoms with van der Waals surface area (Å²) >= 11 is 5.97. The molecule has 0 spiro atoms. The van der Waals surface area contributed by atoms with E-state index in [0.29, 0.717) is 29.1 Å². The van der Waals surface area contributed by atoms with Crippen molar-refractivity contribution in [1.82, 2.24) is 15.5 Å². The summed E-state index contributed by atoms with van der Waals surface area (Å²) in [7, 11) is 0. The van der Waals surface area contributed by atoms with Crippen LogP contribution in [0.15, 0.2) is 22.7 Å². The van der Waals surface area contributed by atoms with Crippen LogP contribution in [0.25, 0.3) is 0 Å². The molecule has 1 aliphatic rings. The first-order valence-corrected chi connectivity index (χ1v) is 6.54. The van der Waals surface area contributed by atoms with E-state index in [1.165, 1.54) is 12.1 Å². The van der Waals surface area contributed by atoms with Crippen molar-refractivity contribution in [2.45, 2.75) is 12.8 Å². The molecule has 0 atom stereocenters. The van der Waals surface area contributed by atoms with E-state index in [2.05, 4.69) is 15.5 Å². The van der Waals surface area contributed by atoms with Crippen LogP contribution in [-0.2, 0) is 12.8 Å². The zero-order valence-electron chi connectivity index (χ0n) is 10.2. The van der Waals surface area contributed by atoms with E-state index in [4.69, 9.17) is 16.1 Å². The lowest BCUT2D eigenvalue weighted by molar-refractivity contribution is 0.295. The smallest absolute Gasteiger partial charge is 0.227 e. The van der Waals surface area contributed by atoms with Crippen LogP contribution in [-0.4, -0.2) is 23.2 Å². The monoisotopic (exact) mass is 281 g/mol. The Morgan fingerprint density at radius 2 is 2.26 bits per heavy atom. The highest BCUT2D eigenvalue weighted by Crippen LogP contribution is 2.20. The van der Waals surface area contributed by atoms with Crippen LogP contribution in [0.5, 0.6) is 0 Å². The molecule has 1 aliphatic heterocycles. The minimum Gasteiger partial charge on any atom is -0.339 e. The summed E-state index contributed by atoms with van der Waals surface area (Å²) in [5.41, 5.74) is 0.792. The predicted molar refractivity (Wildman–Crippen MR) is 68.6 cm³/mol. The van der Waals surface area contributed by atoms with Crippen LogP contribution in [0, 0.1) is 11.7 Å². The van der Waals surface area contributed by atoms with Crippen molar-refractivity contribution in [1.29, 1.82) is 0 Å². The number of nitrogens with zero attached hydrogens (tertiary/aromatic N) is 2. The second-order valence-corrected chi connectivity index (χ2v) is 5.15. The average Bonchev–Trinajstić information content (AvgIpc) is 2.75. The van der Waals surface area contributed by atoms with Gasteiger partial charge in [-0.25, -0.2) is 4.39 Å². The van der Waals surface area contributed by atoms with E-state index in [1.54, 1.807) is 6.07 Å². The predicted octanol–water partition coefficient (Wildman–Crippen LogP) is 2.21. The summed E-state index contributed by atoms with van der Waals surface area (Å²) < 4.78 is 18.1. The van der Waals surface area contributed by atoms with Gasteiger partial charge in [-0.3, -0.25) is 0 Å². The highest BCUT2D eigenvalue weighted by molar-refractivity contribution is 6.31. The first-order valence-electron chi connectivity index (χ1n) is 6.17. The molecule has 2 aromatic rings. The van der Waals surface area contributed by atoms with Gasteiger partial charge in [0.25, 0.3) is 0 Å². The van der Waals surface area contributed by atoms with Crippen molar-refractivity contribution in [2.75, 3.05) is 13.1 Å². The number of nitrogens with one attached hydrogen (secondary N) is 1. The minimum atomic E-state index is -0.347. The van der Waals surface area contributed by atoms with E-state index in [0.717, 1.165) is 25.1 Å². The van der Waals surface area contributed by atoms with Gasteiger partial charge < -0.3 is 9.84 Å². The molecule has 4 nitrogen and oxygen atoms in total. The molecule has 0 amide bonds. The van der Waals surface area contributed by atoms with Crippen molar-refractivity contribution in [3.63, 3.8) is 0 Å². The standard InChI is InChI=1S/C13H13ClFN3O/c14-11-5-10(15)2-1-9(11)4-12-17-13(19-18-12)3-8-6-16-7-8/h1-2,5,8,16H,3-4,6-7H2. The number of hydrogen-bond donors (Lipinski definition) is 1. The summed E-state index contributed by atoms with van der Waals surface area (Å²) in [6.45, 7) is 2.00. The van der Waals surface area contributed by atoms with Crippen LogP contribution in [0.2, 0.25) is 5.02 Å². The summed E-state index contributed by atoms with van der Waals surface area (Å²) in [5.74, 6) is 1.47. The number of rotatable bonds is 4. The van der Waals surface area contributed by atoms with E-state index < -0.39 is 0 Å². The lowest BCUT2D eigenvalue weighted by Gasteiger charge is -2.25. The van der Waals surface area contributed by atoms with Gasteiger partial charge >= 0.3 is 0 Å². The molecule has 0 aliphatic carbocycles. The number of aromatic nitrogens is 2. The van der Waals surface area contributed by atoms with Crippen molar-refractivity contribution in [3.8, 4) is 0 Å². The lowest BCUT2D eigenvalue weighted by Crippen LogP contribution is -2.43. The molecule has 1 aromatic carbocycles. The fraction of sp³-hybridized carbons (Fsp3) is 0.385. The third-order valence-corrected chi connectivity index (χ3v) is 3.55. The largest absolute Gasteiger partial charge is 0.339 e. The fourth-order valence-corrected chi connectivity index (χ4v) is 2.25. The second kappa shape index (κ2) is 5.27. The molecule has 0 radical (unpaired) electrons. The maximum absolute atomic E-state index is 12.9. The number of benzene rings is 1. The normalized spacial score (nSPS) is 15.5. The highest BCUT2D eigenvalue weighted by Gasteiger charge is 2.20. The van der Waals surface area contributed by atoms with Gasteiger partial charge in [0.1, 0.15) is 5.82 Å². The molecule has 0 saturated carbocycles. The van der Waals surface area contributed by atoms with E-state index in [-0.39, 0.29) is 5.82 Å². The van der Waals surface area contributed by atoms with Gasteiger partial charge in [-0.05, 0) is 36.7 Å². The lowest BCUT2D eigenvalue weighted by atomic mass is 10.00. The van der Waals surface area contributed by atoms with Gasteiger partial charge in [0.05, 0.1) is 0 Å². The molecule has 2 heterocycles. The molecule has 1 fully saturated rings. The summed E-state index contributed by atoms with van der Waals surface area (Å²) in [6, 6.07) is 4.31. The third-order valence-electron chi connectivity index (χ3n) is 3.20. The molecule has 19 heavy (non-hydrogen) atoms. The number of hydrogen-bond acceptors (Lipinski definition) is 4. The molecular formula is C13H13ClFN3O. The van der Waals surface area contributed by atoms with Gasteiger partial charge in [0, 0.05) is 17.9 Å². The molecule has 0 unspecified atom stereocenters. The Hall–Kier alpha value is -1.46. The number of halogens is 2. The highest BCUT2D eigenvalue weighted by atomic mass is 35.5. The SMILES string of the molecule is Fc1ccc(Cc2noc(CC3CNC3)n2)c(Cl)c1. The van der Waals surface area contributed by atoms with Crippen LogP contribution in [0.4, 0.5) is 4.39 Å². The molecule has 3 rings (SSSR count). The Morgan fingerprint density at radius 3 is 2.95 bits per heavy atom. The first kappa shape index (κ1) is 12.6. The zero-order valence-corrected chi connectivity index (χ0v) is 11.0. The third kappa shape index (κ3) is 2.93. The van der Waals surface area contributed by atoms with Crippen molar-refractivity contribution < 1.29 is 8.91 Å². The van der Waals surface area contributed by atoms with Crippen LogP contribution < -0.4 is 5.32 Å². The van der Waals surface area contributed by atoms with Gasteiger partial charge in [-0.2, -0.15) is 4.98 Å².